The molecule has 0 saturated carbocycles. The molecule has 0 unspecified atom stereocenters. The first-order valence-electron chi connectivity index (χ1n) is 4.29. The number of carboxylic acid groups (broad SMARTS) is 1. The number of benzene rings is 1. The van der Waals surface area contributed by atoms with Crippen LogP contribution in [-0.2, 0) is 4.79 Å². The second kappa shape index (κ2) is 4.62. The van der Waals surface area contributed by atoms with Gasteiger partial charge in [-0.1, -0.05) is 12.1 Å². The maximum Gasteiger partial charge on any atom is 0.320 e. The summed E-state index contributed by atoms with van der Waals surface area (Å²) in [6, 6.07) is 5.62. The van der Waals surface area contributed by atoms with E-state index in [1.54, 1.807) is 6.07 Å². The van der Waals surface area contributed by atoms with E-state index < -0.39 is 5.97 Å². The maximum absolute atomic E-state index is 10.2. The Labute approximate surface area is 82.5 Å². The van der Waals surface area contributed by atoms with Crippen LogP contribution in [-0.4, -0.2) is 17.6 Å². The summed E-state index contributed by atoms with van der Waals surface area (Å²) in [6.07, 6.45) is 0. The predicted octanol–water partition coefficient (Wildman–Crippen LogP) is 1.27. The topological polar surface area (TPSA) is 58.6 Å². The number of aliphatic carboxylic acids is 1. The molecule has 0 aliphatic carbocycles. The molecule has 1 aromatic carbocycles. The number of aryl methyl sites for hydroxylation is 1. The monoisotopic (exact) mass is 195 g/mol. The summed E-state index contributed by atoms with van der Waals surface area (Å²) in [4.78, 5) is 15.3. The van der Waals surface area contributed by atoms with Gasteiger partial charge in [-0.05, 0) is 31.0 Å². The van der Waals surface area contributed by atoms with E-state index in [0.717, 1.165) is 11.1 Å². The summed E-state index contributed by atoms with van der Waals surface area (Å²) in [5.41, 5.74) is 4.49. The van der Waals surface area contributed by atoms with E-state index >= 15 is 0 Å². The molecule has 0 aliphatic rings. The summed E-state index contributed by atoms with van der Waals surface area (Å²) in [5.74, 6) is -0.290. The van der Waals surface area contributed by atoms with Crippen molar-refractivity contribution in [3.8, 4) is 5.75 Å². The van der Waals surface area contributed by atoms with Crippen molar-refractivity contribution in [3.05, 3.63) is 29.3 Å². The molecule has 2 N–H and O–H groups in total. The Bertz CT molecular complexity index is 336. The molecule has 0 aromatic heterocycles. The number of hydrogen-bond donors (Lipinski definition) is 2. The Kier molecular flexibility index (Phi) is 3.48. The second-order valence-electron chi connectivity index (χ2n) is 3.01. The van der Waals surface area contributed by atoms with Gasteiger partial charge in [-0.25, -0.2) is 0 Å². The SMILES string of the molecule is Cc1cccc(ONCC(=O)O)c1C. The molecule has 0 heterocycles. The van der Waals surface area contributed by atoms with Crippen LogP contribution in [0.3, 0.4) is 0 Å². The number of rotatable bonds is 4. The minimum Gasteiger partial charge on any atom is -0.480 e. The Balaban J connectivity index is 2.59. The van der Waals surface area contributed by atoms with Crippen LogP contribution in [0.2, 0.25) is 0 Å². The molecule has 14 heavy (non-hydrogen) atoms. The van der Waals surface area contributed by atoms with Crippen molar-refractivity contribution in [2.24, 2.45) is 0 Å². The average Bonchev–Trinajstić information content (AvgIpc) is 2.12. The highest BCUT2D eigenvalue weighted by molar-refractivity contribution is 5.68. The molecule has 0 bridgehead atoms. The van der Waals surface area contributed by atoms with Crippen LogP contribution in [0.1, 0.15) is 11.1 Å². The minimum atomic E-state index is -0.949. The van der Waals surface area contributed by atoms with E-state index in [1.165, 1.54) is 0 Å². The summed E-state index contributed by atoms with van der Waals surface area (Å²) in [6.45, 7) is 3.68. The molecule has 4 nitrogen and oxygen atoms in total. The van der Waals surface area contributed by atoms with Crippen LogP contribution in [0.4, 0.5) is 0 Å². The quantitative estimate of drug-likeness (QED) is 0.710. The molecular formula is C10H13NO3. The summed E-state index contributed by atoms with van der Waals surface area (Å²) < 4.78 is 0. The molecular weight excluding hydrogens is 182 g/mol. The van der Waals surface area contributed by atoms with Crippen LogP contribution in [0, 0.1) is 13.8 Å². The fourth-order valence-corrected chi connectivity index (χ4v) is 1.01. The van der Waals surface area contributed by atoms with Gasteiger partial charge in [-0.2, -0.15) is 0 Å². The van der Waals surface area contributed by atoms with E-state index in [9.17, 15) is 4.79 Å². The van der Waals surface area contributed by atoms with Crippen molar-refractivity contribution in [2.45, 2.75) is 13.8 Å². The van der Waals surface area contributed by atoms with E-state index in [0.29, 0.717) is 5.75 Å². The van der Waals surface area contributed by atoms with Crippen LogP contribution >= 0.6 is 0 Å². The molecule has 0 spiro atoms. The van der Waals surface area contributed by atoms with Gasteiger partial charge in [0.25, 0.3) is 0 Å². The Morgan fingerprint density at radius 3 is 2.86 bits per heavy atom. The summed E-state index contributed by atoms with van der Waals surface area (Å²) in [5, 5.41) is 8.37. The van der Waals surface area contributed by atoms with E-state index in [1.807, 2.05) is 26.0 Å². The van der Waals surface area contributed by atoms with Crippen LogP contribution in [0.5, 0.6) is 5.75 Å². The third-order valence-corrected chi connectivity index (χ3v) is 1.96. The highest BCUT2D eigenvalue weighted by Crippen LogP contribution is 2.19. The smallest absolute Gasteiger partial charge is 0.320 e. The normalized spacial score (nSPS) is 9.86. The van der Waals surface area contributed by atoms with Crippen LogP contribution in [0.25, 0.3) is 0 Å². The van der Waals surface area contributed by atoms with Gasteiger partial charge in [0, 0.05) is 0 Å². The highest BCUT2D eigenvalue weighted by atomic mass is 16.6. The number of hydrogen-bond acceptors (Lipinski definition) is 3. The molecule has 0 atom stereocenters. The van der Waals surface area contributed by atoms with E-state index in [4.69, 9.17) is 9.94 Å². The fraction of sp³-hybridized carbons (Fsp3) is 0.300. The van der Waals surface area contributed by atoms with Crippen LogP contribution < -0.4 is 10.3 Å². The number of carbonyl (C=O) groups is 1. The van der Waals surface area contributed by atoms with Crippen LogP contribution in [0.15, 0.2) is 18.2 Å². The number of hydroxylamine groups is 1. The zero-order chi connectivity index (χ0) is 10.6. The van der Waals surface area contributed by atoms with Gasteiger partial charge < -0.3 is 9.94 Å². The Hall–Kier alpha value is -1.55. The van der Waals surface area contributed by atoms with Crippen molar-refractivity contribution in [1.29, 1.82) is 0 Å². The molecule has 4 heteroatoms. The third-order valence-electron chi connectivity index (χ3n) is 1.96. The third kappa shape index (κ3) is 2.74. The van der Waals surface area contributed by atoms with Gasteiger partial charge >= 0.3 is 5.97 Å². The molecule has 0 saturated heterocycles. The number of carboxylic acids is 1. The Morgan fingerprint density at radius 1 is 1.50 bits per heavy atom. The van der Waals surface area contributed by atoms with Gasteiger partial charge in [0.05, 0.1) is 0 Å². The van der Waals surface area contributed by atoms with Crippen molar-refractivity contribution in [3.63, 3.8) is 0 Å². The lowest BCUT2D eigenvalue weighted by molar-refractivity contribution is -0.137. The largest absolute Gasteiger partial charge is 0.480 e. The van der Waals surface area contributed by atoms with Gasteiger partial charge in [0.15, 0.2) is 0 Å². The molecule has 76 valence electrons. The standard InChI is InChI=1S/C10H13NO3/c1-7-4-3-5-9(8(7)2)14-11-6-10(12)13/h3-5,11H,6H2,1-2H3,(H,12,13). The minimum absolute atomic E-state index is 0.215. The molecule has 0 radical (unpaired) electrons. The number of nitrogens with one attached hydrogen (secondary N) is 1. The first-order valence-corrected chi connectivity index (χ1v) is 4.29. The fourth-order valence-electron chi connectivity index (χ4n) is 1.01. The molecule has 1 rings (SSSR count). The zero-order valence-electron chi connectivity index (χ0n) is 8.20. The molecule has 0 amide bonds. The highest BCUT2D eigenvalue weighted by Gasteiger charge is 2.02. The molecule has 0 aliphatic heterocycles. The van der Waals surface area contributed by atoms with Gasteiger partial charge in [0.2, 0.25) is 0 Å². The van der Waals surface area contributed by atoms with E-state index in [-0.39, 0.29) is 6.54 Å². The zero-order valence-corrected chi connectivity index (χ0v) is 8.20. The summed E-state index contributed by atoms with van der Waals surface area (Å²) in [7, 11) is 0. The molecule has 1 aromatic rings. The predicted molar refractivity (Wildman–Crippen MR) is 52.2 cm³/mol. The van der Waals surface area contributed by atoms with E-state index in [2.05, 4.69) is 5.48 Å². The van der Waals surface area contributed by atoms with Gasteiger partial charge in [-0.15, -0.1) is 5.48 Å². The van der Waals surface area contributed by atoms with Crippen molar-refractivity contribution in [2.75, 3.05) is 6.54 Å². The average molecular weight is 195 g/mol. The lowest BCUT2D eigenvalue weighted by Crippen LogP contribution is -2.26. The Morgan fingerprint density at radius 2 is 2.21 bits per heavy atom. The second-order valence-corrected chi connectivity index (χ2v) is 3.01. The summed E-state index contributed by atoms with van der Waals surface area (Å²) >= 11 is 0. The lowest BCUT2D eigenvalue weighted by Gasteiger charge is -2.09. The first-order chi connectivity index (χ1) is 6.61. The van der Waals surface area contributed by atoms with Crippen molar-refractivity contribution < 1.29 is 14.7 Å². The maximum atomic E-state index is 10.2. The lowest BCUT2D eigenvalue weighted by atomic mass is 10.1. The van der Waals surface area contributed by atoms with Crippen molar-refractivity contribution >= 4 is 5.97 Å². The van der Waals surface area contributed by atoms with Gasteiger partial charge in [0.1, 0.15) is 12.3 Å². The van der Waals surface area contributed by atoms with Gasteiger partial charge in [-0.3, -0.25) is 4.79 Å². The van der Waals surface area contributed by atoms with Crippen molar-refractivity contribution in [1.82, 2.24) is 5.48 Å². The first kappa shape index (κ1) is 10.5. The molecule has 0 fully saturated rings.